The van der Waals surface area contributed by atoms with Crippen molar-refractivity contribution in [1.82, 2.24) is 14.9 Å². The van der Waals surface area contributed by atoms with Gasteiger partial charge < -0.3 is 43.5 Å². The molecule has 0 saturated carbocycles. The summed E-state index contributed by atoms with van der Waals surface area (Å²) in [4.78, 5) is 7.85. The average Bonchev–Trinajstić information content (AvgIpc) is 3.32. The zero-order valence-corrected chi connectivity index (χ0v) is 23.6. The highest BCUT2D eigenvalue weighted by Gasteiger charge is 2.39. The van der Waals surface area contributed by atoms with Crippen molar-refractivity contribution in [3.05, 3.63) is 52.9 Å². The minimum absolute atomic E-state index is 0.00673. The molecule has 0 bridgehead atoms. The Labute approximate surface area is 238 Å². The number of benzene rings is 1. The van der Waals surface area contributed by atoms with E-state index in [1.165, 1.54) is 0 Å². The zero-order valence-electron chi connectivity index (χ0n) is 23.9. The van der Waals surface area contributed by atoms with Gasteiger partial charge in [-0.2, -0.15) is 4.98 Å². The second-order valence-electron chi connectivity index (χ2n) is 8.91. The molecule has 2 N–H and O–H groups in total. The van der Waals surface area contributed by atoms with Gasteiger partial charge in [-0.3, -0.25) is 4.57 Å². The average molecular weight is 579 g/mol. The van der Waals surface area contributed by atoms with Crippen molar-refractivity contribution in [2.75, 3.05) is 52.0 Å². The summed E-state index contributed by atoms with van der Waals surface area (Å²) in [7, 11) is -2.73. The number of methoxy groups -OCH3 is 1. The van der Waals surface area contributed by atoms with Crippen LogP contribution < -0.4 is 20.1 Å². The van der Waals surface area contributed by atoms with Crippen molar-refractivity contribution < 1.29 is 30.7 Å². The lowest BCUT2D eigenvalue weighted by atomic mass is 10.2. The molecule has 2 unspecified atom stereocenters. The fraction of sp³-hybridized carbons (Fsp3) is 0.500. The van der Waals surface area contributed by atoms with Gasteiger partial charge in [-0.1, -0.05) is 12.6 Å². The predicted molar refractivity (Wildman–Crippen MR) is 151 cm³/mol. The standard InChI is InChI=1S/C26H34N5O6PS/c1-17(2)28-10-7-12-33-18-8-6-9-19-24(18)29-25-21(35-19)15-31(26(39)30-25)23-14-20(22(36-23)16-32-4)37-38(5)34-13-11-27-3/h6,8-9,15,20,22-23,28H,1,7,10-14,16H2,2,4-5H3,(H,29,30,39)/t20-,22-,23-,38?/m1/s1/i4TD/t4?,20-,22-,23-,38?. The Hall–Kier alpha value is -2.78. The van der Waals surface area contributed by atoms with Gasteiger partial charge in [0.15, 0.2) is 25.7 Å². The SMILES string of the molecule is [2H]C([3H])OC[C@H]1O[C@@H](n2cc3c(nc2=S)Nc2c(OCCCNC(=C)C)cccc2O3)C[C@H]1OP(C)OCC[N+]#[C-]. The number of anilines is 2. The zero-order chi connectivity index (χ0) is 29.4. The van der Waals surface area contributed by atoms with E-state index in [2.05, 4.69) is 27.0 Å². The first-order valence-electron chi connectivity index (χ1n) is 13.6. The highest BCUT2D eigenvalue weighted by atomic mass is 32.1. The smallest absolute Gasteiger partial charge is 0.238 e. The van der Waals surface area contributed by atoms with Crippen LogP contribution in [0.15, 0.2) is 36.7 Å². The van der Waals surface area contributed by atoms with Gasteiger partial charge in [-0.25, -0.2) is 6.57 Å². The summed E-state index contributed by atoms with van der Waals surface area (Å²) >= 11 is 5.62. The maximum absolute atomic E-state index is 7.39. The molecule has 5 atom stereocenters. The molecule has 2 aliphatic heterocycles. The number of hydrogen-bond donors (Lipinski definition) is 2. The van der Waals surface area contributed by atoms with Crippen LogP contribution in [0.4, 0.5) is 11.5 Å². The minimum Gasteiger partial charge on any atom is -0.491 e. The summed E-state index contributed by atoms with van der Waals surface area (Å²) in [6, 6.07) is 5.56. The number of fused-ring (bicyclic) bond motifs is 2. The molecule has 11 nitrogen and oxygen atoms in total. The van der Waals surface area contributed by atoms with Gasteiger partial charge in [-0.05, 0) is 37.7 Å². The van der Waals surface area contributed by atoms with Gasteiger partial charge in [0.1, 0.15) is 30.4 Å². The van der Waals surface area contributed by atoms with E-state index in [0.717, 1.165) is 18.7 Å². The van der Waals surface area contributed by atoms with Crippen molar-refractivity contribution >= 4 is 32.1 Å². The lowest BCUT2D eigenvalue weighted by Gasteiger charge is -2.25. The maximum Gasteiger partial charge on any atom is 0.238 e. The summed E-state index contributed by atoms with van der Waals surface area (Å²) in [5.74, 6) is 2.16. The molecule has 1 saturated heterocycles. The lowest BCUT2D eigenvalue weighted by Crippen LogP contribution is -2.27. The van der Waals surface area contributed by atoms with Crippen LogP contribution in [0.1, 0.15) is 28.7 Å². The summed E-state index contributed by atoms with van der Waals surface area (Å²) in [6.45, 7) is 16.3. The normalized spacial score (nSPS) is 21.6. The molecule has 4 rings (SSSR count). The summed E-state index contributed by atoms with van der Waals surface area (Å²) in [5.41, 5.74) is 1.59. The first-order chi connectivity index (χ1) is 19.7. The molecular weight excluding hydrogens is 541 g/mol. The van der Waals surface area contributed by atoms with Gasteiger partial charge in [-0.15, -0.1) is 0 Å². The molecule has 13 heteroatoms. The molecule has 1 aromatic heterocycles. The van der Waals surface area contributed by atoms with Gasteiger partial charge >= 0.3 is 0 Å². The van der Waals surface area contributed by atoms with Gasteiger partial charge in [0.05, 0.1) is 28.3 Å². The number of rotatable bonds is 14. The predicted octanol–water partition coefficient (Wildman–Crippen LogP) is 5.55. The van der Waals surface area contributed by atoms with Gasteiger partial charge in [0.2, 0.25) is 11.3 Å². The fourth-order valence-electron chi connectivity index (χ4n) is 4.12. The Morgan fingerprint density at radius 1 is 1.49 bits per heavy atom. The number of para-hydroxylation sites is 1. The van der Waals surface area contributed by atoms with E-state index < -0.39 is 33.9 Å². The molecule has 2 aliphatic rings. The summed E-state index contributed by atoms with van der Waals surface area (Å²) < 4.78 is 52.1. The number of hydrogen-bond acceptors (Lipinski definition) is 10. The fourth-order valence-corrected chi connectivity index (χ4v) is 5.38. The second-order valence-corrected chi connectivity index (χ2v) is 10.6. The third-order valence-corrected chi connectivity index (χ3v) is 7.30. The Bertz CT molecular complexity index is 1310. The third kappa shape index (κ3) is 7.66. The van der Waals surface area contributed by atoms with E-state index in [9.17, 15) is 0 Å². The van der Waals surface area contributed by atoms with Crippen LogP contribution >= 0.6 is 20.6 Å². The number of nitrogens with one attached hydrogen (secondary N) is 2. The van der Waals surface area contributed by atoms with Crippen LogP contribution in [0, 0.1) is 11.3 Å². The van der Waals surface area contributed by atoms with Crippen LogP contribution in [0.3, 0.4) is 0 Å². The summed E-state index contributed by atoms with van der Waals surface area (Å²) in [6.07, 6.45) is 1.40. The van der Waals surface area contributed by atoms with Crippen LogP contribution in [0.2, 0.25) is 0 Å². The Morgan fingerprint density at radius 2 is 2.36 bits per heavy atom. The van der Waals surface area contributed by atoms with Crippen LogP contribution in [0.25, 0.3) is 4.85 Å². The number of nitrogens with zero attached hydrogens (tertiary/aromatic N) is 3. The van der Waals surface area contributed by atoms with E-state index in [1.807, 2.05) is 31.8 Å². The highest BCUT2D eigenvalue weighted by Crippen LogP contribution is 2.47. The van der Waals surface area contributed by atoms with E-state index in [0.29, 0.717) is 41.8 Å². The molecule has 210 valence electrons. The van der Waals surface area contributed by atoms with Crippen molar-refractivity contribution in [3.63, 3.8) is 0 Å². The molecule has 1 fully saturated rings. The monoisotopic (exact) mass is 578 g/mol. The topological polar surface area (TPSA) is 102 Å². The van der Waals surface area contributed by atoms with Gasteiger partial charge in [0, 0.05) is 32.4 Å². The Balaban J connectivity index is 1.46. The van der Waals surface area contributed by atoms with Crippen LogP contribution in [0.5, 0.6) is 17.2 Å². The Kier molecular flexibility index (Phi) is 9.51. The van der Waals surface area contributed by atoms with Gasteiger partial charge in [0.25, 0.3) is 0 Å². The molecular formula is C26H34N5O6PS. The van der Waals surface area contributed by atoms with E-state index in [-0.39, 0.29) is 24.5 Å². The molecule has 3 heterocycles. The largest absolute Gasteiger partial charge is 0.491 e. The first kappa shape index (κ1) is 26.4. The molecule has 39 heavy (non-hydrogen) atoms. The minimum atomic E-state index is -1.45. The van der Waals surface area contributed by atoms with E-state index >= 15 is 0 Å². The number of aromatic nitrogens is 2. The van der Waals surface area contributed by atoms with E-state index in [4.69, 9.17) is 49.5 Å². The molecule has 0 radical (unpaired) electrons. The van der Waals surface area contributed by atoms with Crippen molar-refractivity contribution in [1.29, 1.82) is 0 Å². The second kappa shape index (κ2) is 14.0. The van der Waals surface area contributed by atoms with E-state index in [1.54, 1.807) is 10.8 Å². The highest BCUT2D eigenvalue weighted by molar-refractivity contribution is 7.71. The maximum atomic E-state index is 7.39. The number of ether oxygens (including phenoxy) is 4. The van der Waals surface area contributed by atoms with Crippen molar-refractivity contribution in [2.45, 2.75) is 38.2 Å². The van der Waals surface area contributed by atoms with Crippen molar-refractivity contribution in [3.8, 4) is 17.2 Å². The lowest BCUT2D eigenvalue weighted by molar-refractivity contribution is -0.0506. The number of allylic oxidation sites excluding steroid dienone is 1. The molecule has 0 aliphatic carbocycles. The molecule has 2 aromatic rings. The first-order valence-corrected chi connectivity index (χ1v) is 14.5. The van der Waals surface area contributed by atoms with Crippen LogP contribution in [-0.2, 0) is 18.5 Å². The molecule has 0 spiro atoms. The summed E-state index contributed by atoms with van der Waals surface area (Å²) in [5, 5.41) is 6.48. The quantitative estimate of drug-likeness (QED) is 0.110. The van der Waals surface area contributed by atoms with Crippen LogP contribution in [-0.4, -0.2) is 68.4 Å². The third-order valence-electron chi connectivity index (χ3n) is 5.89. The molecule has 1 aromatic carbocycles. The molecule has 0 amide bonds. The van der Waals surface area contributed by atoms with Crippen molar-refractivity contribution in [2.24, 2.45) is 0 Å². The Morgan fingerprint density at radius 3 is 3.15 bits per heavy atom.